The average Bonchev–Trinajstić information content (AvgIpc) is 3.17. The maximum atomic E-state index is 13.5. The maximum Gasteiger partial charge on any atom is 0.418 e. The lowest BCUT2D eigenvalue weighted by Crippen LogP contribution is -2.43. The molecule has 4 nitrogen and oxygen atoms in total. The standard InChI is InChI=1S/C26H22F3N3O/c1-16-10-12-17(13-11-16)24-23-19(18-6-2-4-8-21(18)30-23)14-15-32(24)25(33)31-22-9-5-3-7-20(22)26(27,28)29/h2-13,24,30H,14-15H2,1H3,(H,31,33)/t24-/m0/s1. The zero-order valence-corrected chi connectivity index (χ0v) is 17.9. The molecule has 1 aromatic heterocycles. The molecule has 0 aliphatic carbocycles. The lowest BCUT2D eigenvalue weighted by Gasteiger charge is -2.36. The smallest absolute Gasteiger partial charge is 0.356 e. The number of hydrogen-bond acceptors (Lipinski definition) is 1. The van der Waals surface area contributed by atoms with E-state index in [4.69, 9.17) is 0 Å². The van der Waals surface area contributed by atoms with Crippen LogP contribution in [-0.4, -0.2) is 22.5 Å². The first-order valence-electron chi connectivity index (χ1n) is 10.7. The first-order valence-corrected chi connectivity index (χ1v) is 10.7. The Kier molecular flexibility index (Phi) is 5.12. The first-order chi connectivity index (χ1) is 15.8. The number of para-hydroxylation sites is 2. The van der Waals surface area contributed by atoms with Crippen LogP contribution in [0, 0.1) is 6.92 Å². The molecule has 0 bridgehead atoms. The molecule has 1 aliphatic rings. The lowest BCUT2D eigenvalue weighted by molar-refractivity contribution is -0.136. The van der Waals surface area contributed by atoms with Crippen LogP contribution in [0.5, 0.6) is 0 Å². The summed E-state index contributed by atoms with van der Waals surface area (Å²) < 4.78 is 40.4. The molecule has 3 aromatic carbocycles. The Morgan fingerprint density at radius 2 is 1.70 bits per heavy atom. The van der Waals surface area contributed by atoms with Crippen LogP contribution in [0.2, 0.25) is 0 Å². The van der Waals surface area contributed by atoms with Crippen LogP contribution < -0.4 is 5.32 Å². The quantitative estimate of drug-likeness (QED) is 0.353. The van der Waals surface area contributed by atoms with Crippen molar-refractivity contribution >= 4 is 22.6 Å². The van der Waals surface area contributed by atoms with Crippen LogP contribution in [-0.2, 0) is 12.6 Å². The van der Waals surface area contributed by atoms with Crippen molar-refractivity contribution in [2.45, 2.75) is 25.6 Å². The van der Waals surface area contributed by atoms with Gasteiger partial charge in [-0.25, -0.2) is 4.79 Å². The number of nitrogens with zero attached hydrogens (tertiary/aromatic N) is 1. The van der Waals surface area contributed by atoms with Gasteiger partial charge in [-0.05, 0) is 42.7 Å². The highest BCUT2D eigenvalue weighted by Gasteiger charge is 2.37. The summed E-state index contributed by atoms with van der Waals surface area (Å²) in [6, 6.07) is 19.9. The van der Waals surface area contributed by atoms with Crippen molar-refractivity contribution < 1.29 is 18.0 Å². The summed E-state index contributed by atoms with van der Waals surface area (Å²) in [6.07, 6.45) is -3.96. The zero-order chi connectivity index (χ0) is 23.2. The second-order valence-electron chi connectivity index (χ2n) is 8.29. The SMILES string of the molecule is Cc1ccc([C@H]2c3[nH]c4ccccc4c3CCN2C(=O)Nc2ccccc2C(F)(F)F)cc1. The molecule has 2 N–H and O–H groups in total. The van der Waals surface area contributed by atoms with Crippen LogP contribution in [0.25, 0.3) is 10.9 Å². The predicted octanol–water partition coefficient (Wildman–Crippen LogP) is 6.67. The third kappa shape index (κ3) is 3.84. The molecule has 2 amide bonds. The number of fused-ring (bicyclic) bond motifs is 3. The number of anilines is 1. The van der Waals surface area contributed by atoms with Crippen molar-refractivity contribution in [1.82, 2.24) is 9.88 Å². The molecule has 0 saturated heterocycles. The van der Waals surface area contributed by atoms with Crippen molar-refractivity contribution in [2.75, 3.05) is 11.9 Å². The number of nitrogens with one attached hydrogen (secondary N) is 2. The van der Waals surface area contributed by atoms with Crippen molar-refractivity contribution in [3.05, 3.63) is 101 Å². The van der Waals surface area contributed by atoms with Gasteiger partial charge in [-0.3, -0.25) is 0 Å². The average molecular weight is 449 g/mol. The van der Waals surface area contributed by atoms with Crippen LogP contribution in [0.4, 0.5) is 23.7 Å². The number of aromatic amines is 1. The number of alkyl halides is 3. The zero-order valence-electron chi connectivity index (χ0n) is 17.9. The van der Waals surface area contributed by atoms with Gasteiger partial charge >= 0.3 is 12.2 Å². The number of rotatable bonds is 2. The van der Waals surface area contributed by atoms with Gasteiger partial charge in [0.2, 0.25) is 0 Å². The van der Waals surface area contributed by atoms with Crippen LogP contribution >= 0.6 is 0 Å². The van der Waals surface area contributed by atoms with E-state index in [1.807, 2.05) is 55.5 Å². The molecule has 0 spiro atoms. The molecule has 0 radical (unpaired) electrons. The normalized spacial score (nSPS) is 16.0. The number of aryl methyl sites for hydroxylation is 1. The third-order valence-electron chi connectivity index (χ3n) is 6.16. The molecule has 2 heterocycles. The highest BCUT2D eigenvalue weighted by molar-refractivity contribution is 5.92. The number of aromatic nitrogens is 1. The van der Waals surface area contributed by atoms with E-state index in [-0.39, 0.29) is 5.69 Å². The van der Waals surface area contributed by atoms with Crippen molar-refractivity contribution in [2.24, 2.45) is 0 Å². The lowest BCUT2D eigenvalue weighted by atomic mass is 9.92. The van der Waals surface area contributed by atoms with E-state index in [2.05, 4.69) is 10.3 Å². The second kappa shape index (κ2) is 7.99. The van der Waals surface area contributed by atoms with Crippen molar-refractivity contribution in [3.63, 3.8) is 0 Å². The molecule has 4 aromatic rings. The van der Waals surface area contributed by atoms with Gasteiger partial charge in [0.05, 0.1) is 17.3 Å². The molecular formula is C26H22F3N3O. The molecule has 33 heavy (non-hydrogen) atoms. The van der Waals surface area contributed by atoms with Gasteiger partial charge in [0, 0.05) is 23.1 Å². The van der Waals surface area contributed by atoms with Gasteiger partial charge in [-0.1, -0.05) is 60.2 Å². The second-order valence-corrected chi connectivity index (χ2v) is 8.29. The topological polar surface area (TPSA) is 48.1 Å². The fourth-order valence-corrected chi connectivity index (χ4v) is 4.58. The molecule has 7 heteroatoms. The highest BCUT2D eigenvalue weighted by atomic mass is 19.4. The molecule has 1 atom stereocenters. The molecule has 1 aliphatic heterocycles. The molecular weight excluding hydrogens is 427 g/mol. The predicted molar refractivity (Wildman–Crippen MR) is 122 cm³/mol. The summed E-state index contributed by atoms with van der Waals surface area (Å²) in [6.45, 7) is 2.37. The summed E-state index contributed by atoms with van der Waals surface area (Å²) in [5.74, 6) is 0. The van der Waals surface area contributed by atoms with Crippen LogP contribution in [0.1, 0.15) is 34.0 Å². The van der Waals surface area contributed by atoms with E-state index in [0.717, 1.165) is 39.4 Å². The first kappa shape index (κ1) is 21.1. The summed E-state index contributed by atoms with van der Waals surface area (Å²) in [4.78, 5) is 18.4. The number of H-pyrrole nitrogens is 1. The Morgan fingerprint density at radius 1 is 1.00 bits per heavy atom. The minimum Gasteiger partial charge on any atom is -0.356 e. The van der Waals surface area contributed by atoms with Crippen LogP contribution in [0.15, 0.2) is 72.8 Å². The number of hydrogen-bond donors (Lipinski definition) is 2. The Hall–Kier alpha value is -3.74. The van der Waals surface area contributed by atoms with Gasteiger partial charge in [-0.2, -0.15) is 13.2 Å². The van der Waals surface area contributed by atoms with Gasteiger partial charge in [0.1, 0.15) is 0 Å². The van der Waals surface area contributed by atoms with Crippen molar-refractivity contribution in [1.29, 1.82) is 0 Å². The third-order valence-corrected chi connectivity index (χ3v) is 6.16. The van der Waals surface area contributed by atoms with E-state index in [1.165, 1.54) is 18.2 Å². The van der Waals surface area contributed by atoms with Crippen molar-refractivity contribution in [3.8, 4) is 0 Å². The Morgan fingerprint density at radius 3 is 2.45 bits per heavy atom. The fourth-order valence-electron chi connectivity index (χ4n) is 4.58. The summed E-state index contributed by atoms with van der Waals surface area (Å²) in [5.41, 5.74) is 3.87. The number of benzene rings is 3. The fraction of sp³-hybridized carbons (Fsp3) is 0.192. The molecule has 0 unspecified atom stereocenters. The van der Waals surface area contributed by atoms with E-state index < -0.39 is 23.8 Å². The minimum absolute atomic E-state index is 0.250. The Balaban J connectivity index is 1.57. The van der Waals surface area contributed by atoms with E-state index in [0.29, 0.717) is 13.0 Å². The van der Waals surface area contributed by atoms with Gasteiger partial charge in [0.25, 0.3) is 0 Å². The summed E-state index contributed by atoms with van der Waals surface area (Å²) in [7, 11) is 0. The molecule has 5 rings (SSSR count). The van der Waals surface area contributed by atoms with Crippen LogP contribution in [0.3, 0.4) is 0 Å². The molecule has 0 saturated carbocycles. The number of urea groups is 1. The monoisotopic (exact) mass is 449 g/mol. The summed E-state index contributed by atoms with van der Waals surface area (Å²) >= 11 is 0. The van der Waals surface area contributed by atoms with E-state index in [1.54, 1.807) is 4.90 Å². The Labute approximate surface area is 189 Å². The van der Waals surface area contributed by atoms with E-state index >= 15 is 0 Å². The highest BCUT2D eigenvalue weighted by Crippen LogP contribution is 2.40. The molecule has 168 valence electrons. The minimum atomic E-state index is -4.56. The number of amides is 2. The van der Waals surface area contributed by atoms with Gasteiger partial charge in [0.15, 0.2) is 0 Å². The summed E-state index contributed by atoms with van der Waals surface area (Å²) in [5, 5.41) is 3.62. The number of halogens is 3. The molecule has 0 fully saturated rings. The largest absolute Gasteiger partial charge is 0.418 e. The van der Waals surface area contributed by atoms with Gasteiger partial charge < -0.3 is 15.2 Å². The number of carbonyl (C=O) groups is 1. The number of carbonyl (C=O) groups excluding carboxylic acids is 1. The maximum absolute atomic E-state index is 13.5. The van der Waals surface area contributed by atoms with Gasteiger partial charge in [-0.15, -0.1) is 0 Å². The Bertz CT molecular complexity index is 1320. The van der Waals surface area contributed by atoms with E-state index in [9.17, 15) is 18.0 Å².